The van der Waals surface area contributed by atoms with Gasteiger partial charge in [-0.25, -0.2) is 0 Å². The highest BCUT2D eigenvalue weighted by molar-refractivity contribution is 5.76. The molecule has 0 aliphatic heterocycles. The van der Waals surface area contributed by atoms with Gasteiger partial charge in [-0.2, -0.15) is 4.98 Å². The molecule has 0 saturated heterocycles. The summed E-state index contributed by atoms with van der Waals surface area (Å²) in [6.07, 6.45) is 1.79. The van der Waals surface area contributed by atoms with Crippen LogP contribution in [0.5, 0.6) is 0 Å². The molecule has 1 heterocycles. The topological polar surface area (TPSA) is 68.0 Å². The van der Waals surface area contributed by atoms with Gasteiger partial charge in [0.25, 0.3) is 0 Å². The first-order chi connectivity index (χ1) is 14.8. The fraction of sp³-hybridized carbons (Fsp3) is 0.423. The molecule has 0 aliphatic rings. The predicted octanol–water partition coefficient (Wildman–Crippen LogP) is 5.69. The summed E-state index contributed by atoms with van der Waals surface area (Å²) >= 11 is 0. The summed E-state index contributed by atoms with van der Waals surface area (Å²) in [7, 11) is 0. The Kier molecular flexibility index (Phi) is 7.61. The minimum absolute atomic E-state index is 0.0138. The molecule has 1 N–H and O–H groups in total. The molecule has 2 aromatic carbocycles. The number of hydrogen-bond acceptors (Lipinski definition) is 4. The third-order valence-corrected chi connectivity index (χ3v) is 5.31. The Morgan fingerprint density at radius 3 is 2.29 bits per heavy atom. The zero-order chi connectivity index (χ0) is 22.4. The van der Waals surface area contributed by atoms with Crippen LogP contribution in [-0.4, -0.2) is 16.0 Å². The highest BCUT2D eigenvalue weighted by atomic mass is 16.5. The first kappa shape index (κ1) is 22.7. The molecule has 1 unspecified atom stereocenters. The van der Waals surface area contributed by atoms with Crippen molar-refractivity contribution in [3.63, 3.8) is 0 Å². The molecule has 3 aromatic rings. The van der Waals surface area contributed by atoms with E-state index in [1.54, 1.807) is 0 Å². The van der Waals surface area contributed by atoms with Gasteiger partial charge in [0.15, 0.2) is 0 Å². The van der Waals surface area contributed by atoms with Crippen LogP contribution in [0.4, 0.5) is 0 Å². The smallest absolute Gasteiger partial charge is 0.227 e. The summed E-state index contributed by atoms with van der Waals surface area (Å²) in [5.74, 6) is 1.93. The van der Waals surface area contributed by atoms with Crippen molar-refractivity contribution in [1.82, 2.24) is 15.5 Å². The Hall–Kier alpha value is -2.95. The average molecular weight is 420 g/mol. The second-order valence-corrected chi connectivity index (χ2v) is 9.01. The van der Waals surface area contributed by atoms with E-state index >= 15 is 0 Å². The number of aryl methyl sites for hydroxylation is 2. The SMILES string of the molecule is Cc1ccc(-c2noc(CCC(=O)NC(c3ccc(CC(C)C)cc3)C(C)C)n2)cc1. The molecule has 5 nitrogen and oxygen atoms in total. The largest absolute Gasteiger partial charge is 0.349 e. The molecule has 0 saturated carbocycles. The average Bonchev–Trinajstić information content (AvgIpc) is 3.20. The van der Waals surface area contributed by atoms with Crippen LogP contribution >= 0.6 is 0 Å². The van der Waals surface area contributed by atoms with Crippen LogP contribution in [-0.2, 0) is 17.6 Å². The molecular formula is C26H33N3O2. The molecule has 0 aliphatic carbocycles. The Balaban J connectivity index is 1.57. The maximum absolute atomic E-state index is 12.6. The molecule has 0 bridgehead atoms. The molecule has 164 valence electrons. The van der Waals surface area contributed by atoms with E-state index in [4.69, 9.17) is 4.52 Å². The highest BCUT2D eigenvalue weighted by Crippen LogP contribution is 2.23. The van der Waals surface area contributed by atoms with Gasteiger partial charge in [0, 0.05) is 18.4 Å². The van der Waals surface area contributed by atoms with Gasteiger partial charge in [-0.3, -0.25) is 4.79 Å². The van der Waals surface area contributed by atoms with Crippen LogP contribution in [0.2, 0.25) is 0 Å². The Labute approximate surface area is 185 Å². The molecule has 0 spiro atoms. The van der Waals surface area contributed by atoms with Gasteiger partial charge in [0.05, 0.1) is 6.04 Å². The fourth-order valence-electron chi connectivity index (χ4n) is 3.61. The number of amides is 1. The third kappa shape index (κ3) is 6.51. The second-order valence-electron chi connectivity index (χ2n) is 9.01. The van der Waals surface area contributed by atoms with E-state index in [9.17, 15) is 4.79 Å². The minimum Gasteiger partial charge on any atom is -0.349 e. The van der Waals surface area contributed by atoms with Crippen LogP contribution < -0.4 is 5.32 Å². The zero-order valence-electron chi connectivity index (χ0n) is 19.2. The lowest BCUT2D eigenvalue weighted by Gasteiger charge is -2.23. The van der Waals surface area contributed by atoms with Crippen molar-refractivity contribution < 1.29 is 9.32 Å². The lowest BCUT2D eigenvalue weighted by atomic mass is 9.93. The molecule has 3 rings (SSSR count). The summed E-state index contributed by atoms with van der Waals surface area (Å²) in [5.41, 5.74) is 4.55. The lowest BCUT2D eigenvalue weighted by molar-refractivity contribution is -0.122. The Morgan fingerprint density at radius 2 is 1.68 bits per heavy atom. The summed E-state index contributed by atoms with van der Waals surface area (Å²) in [6, 6.07) is 16.5. The minimum atomic E-state index is -0.0218. The van der Waals surface area contributed by atoms with E-state index in [-0.39, 0.29) is 17.9 Å². The van der Waals surface area contributed by atoms with E-state index in [2.05, 4.69) is 67.4 Å². The molecule has 5 heteroatoms. The van der Waals surface area contributed by atoms with Crippen molar-refractivity contribution in [2.75, 3.05) is 0 Å². The van der Waals surface area contributed by atoms with Gasteiger partial charge in [-0.05, 0) is 36.3 Å². The Bertz CT molecular complexity index is 973. The number of carbonyl (C=O) groups excluding carboxylic acids is 1. The van der Waals surface area contributed by atoms with Crippen molar-refractivity contribution >= 4 is 5.91 Å². The van der Waals surface area contributed by atoms with Gasteiger partial charge >= 0.3 is 0 Å². The van der Waals surface area contributed by atoms with Crippen molar-refractivity contribution in [2.24, 2.45) is 11.8 Å². The van der Waals surface area contributed by atoms with Crippen LogP contribution in [0.1, 0.15) is 62.7 Å². The summed E-state index contributed by atoms with van der Waals surface area (Å²) in [4.78, 5) is 17.1. The summed E-state index contributed by atoms with van der Waals surface area (Å²) in [6.45, 7) is 10.7. The first-order valence-corrected chi connectivity index (χ1v) is 11.1. The van der Waals surface area contributed by atoms with Gasteiger partial charge in [0.1, 0.15) is 0 Å². The monoisotopic (exact) mass is 419 g/mol. The summed E-state index contributed by atoms with van der Waals surface area (Å²) < 4.78 is 5.34. The maximum Gasteiger partial charge on any atom is 0.227 e. The predicted molar refractivity (Wildman–Crippen MR) is 123 cm³/mol. The number of hydrogen-bond donors (Lipinski definition) is 1. The lowest BCUT2D eigenvalue weighted by Crippen LogP contribution is -2.31. The van der Waals surface area contributed by atoms with Gasteiger partial charge < -0.3 is 9.84 Å². The first-order valence-electron chi connectivity index (χ1n) is 11.1. The molecule has 1 aromatic heterocycles. The quantitative estimate of drug-likeness (QED) is 0.484. The summed E-state index contributed by atoms with van der Waals surface area (Å²) in [5, 5.41) is 7.22. The zero-order valence-corrected chi connectivity index (χ0v) is 19.2. The van der Waals surface area contributed by atoms with Crippen molar-refractivity contribution in [2.45, 2.75) is 59.9 Å². The number of nitrogens with zero attached hydrogens (tertiary/aromatic N) is 2. The fourth-order valence-corrected chi connectivity index (χ4v) is 3.61. The maximum atomic E-state index is 12.6. The van der Waals surface area contributed by atoms with Gasteiger partial charge in [0.2, 0.25) is 17.6 Å². The molecule has 1 atom stereocenters. The van der Waals surface area contributed by atoms with Crippen LogP contribution in [0.15, 0.2) is 53.1 Å². The number of nitrogens with one attached hydrogen (secondary N) is 1. The van der Waals surface area contributed by atoms with E-state index in [0.29, 0.717) is 30.5 Å². The highest BCUT2D eigenvalue weighted by Gasteiger charge is 2.19. The molecule has 31 heavy (non-hydrogen) atoms. The van der Waals surface area contributed by atoms with Gasteiger partial charge in [-0.1, -0.05) is 86.9 Å². The third-order valence-electron chi connectivity index (χ3n) is 5.31. The van der Waals surface area contributed by atoms with Crippen molar-refractivity contribution in [1.29, 1.82) is 0 Å². The van der Waals surface area contributed by atoms with E-state index in [1.807, 2.05) is 31.2 Å². The van der Waals surface area contributed by atoms with Crippen LogP contribution in [0.3, 0.4) is 0 Å². The number of aromatic nitrogens is 2. The van der Waals surface area contributed by atoms with E-state index < -0.39 is 0 Å². The number of carbonyl (C=O) groups is 1. The molecule has 0 fully saturated rings. The van der Waals surface area contributed by atoms with Crippen molar-refractivity contribution in [3.05, 3.63) is 71.1 Å². The number of rotatable bonds is 9. The van der Waals surface area contributed by atoms with Crippen LogP contribution in [0, 0.1) is 18.8 Å². The van der Waals surface area contributed by atoms with Crippen molar-refractivity contribution in [3.8, 4) is 11.4 Å². The molecular weight excluding hydrogens is 386 g/mol. The molecule has 0 radical (unpaired) electrons. The normalized spacial score (nSPS) is 12.4. The Morgan fingerprint density at radius 1 is 1.00 bits per heavy atom. The molecule has 1 amide bonds. The van der Waals surface area contributed by atoms with E-state index in [1.165, 1.54) is 11.1 Å². The second kappa shape index (κ2) is 10.4. The van der Waals surface area contributed by atoms with Gasteiger partial charge in [-0.15, -0.1) is 0 Å². The van der Waals surface area contributed by atoms with Crippen LogP contribution in [0.25, 0.3) is 11.4 Å². The van der Waals surface area contributed by atoms with E-state index in [0.717, 1.165) is 17.5 Å². The standard InChI is InChI=1S/C26H33N3O2/c1-17(2)16-20-8-12-21(13-9-20)25(18(3)4)27-23(30)14-15-24-28-26(29-31-24)22-10-6-19(5)7-11-22/h6-13,17-18,25H,14-16H2,1-5H3,(H,27,30). The number of benzene rings is 2.